The molecule has 0 aliphatic carbocycles. The van der Waals surface area contributed by atoms with Crippen LogP contribution in [0.15, 0.2) is 24.3 Å². The fourth-order valence-electron chi connectivity index (χ4n) is 1.74. The Morgan fingerprint density at radius 1 is 1.50 bits per heavy atom. The van der Waals surface area contributed by atoms with Crippen LogP contribution in [0.3, 0.4) is 0 Å². The molecule has 1 aromatic heterocycles. The molecule has 0 radical (unpaired) electrons. The number of ether oxygens (including phenoxy) is 1. The Hall–Kier alpha value is -1.59. The Balaban J connectivity index is 2.70. The highest BCUT2D eigenvalue weighted by molar-refractivity contribution is 7.71. The number of nitrogens with one attached hydrogen (secondary N) is 1. The Bertz CT molecular complexity index is 660. The molecule has 1 heterocycles. The summed E-state index contributed by atoms with van der Waals surface area (Å²) >= 11 is 11.1. The maximum atomic E-state index is 11.7. The van der Waals surface area contributed by atoms with Crippen LogP contribution in [0.1, 0.15) is 10.5 Å². The topological polar surface area (TPSA) is 47.0 Å². The zero-order valence-corrected chi connectivity index (χ0v) is 11.4. The molecule has 2 aromatic rings. The van der Waals surface area contributed by atoms with Gasteiger partial charge in [-0.05, 0) is 24.4 Å². The number of carbonyl (C=O) groups excluding carboxylic acids is 1. The molecule has 0 aliphatic rings. The maximum absolute atomic E-state index is 11.7. The third-order valence-corrected chi connectivity index (χ3v) is 3.21. The van der Waals surface area contributed by atoms with Gasteiger partial charge in [0.25, 0.3) is 0 Å². The summed E-state index contributed by atoms with van der Waals surface area (Å²) in [5.41, 5.74) is 1.79. The van der Waals surface area contributed by atoms with E-state index in [0.717, 1.165) is 5.56 Å². The van der Waals surface area contributed by atoms with Gasteiger partial charge in [-0.2, -0.15) is 0 Å². The van der Waals surface area contributed by atoms with E-state index in [1.54, 1.807) is 23.7 Å². The molecule has 18 heavy (non-hydrogen) atoms. The first-order valence-electron chi connectivity index (χ1n) is 5.18. The van der Waals surface area contributed by atoms with E-state index in [4.69, 9.17) is 28.6 Å². The highest BCUT2D eigenvalue weighted by atomic mass is 35.5. The number of hydrogen-bond donors (Lipinski definition) is 1. The maximum Gasteiger partial charge on any atom is 0.356 e. The number of aromatic nitrogens is 2. The lowest BCUT2D eigenvalue weighted by molar-refractivity contribution is 0.0595. The molecule has 0 fully saturated rings. The van der Waals surface area contributed by atoms with E-state index in [-0.39, 0.29) is 0 Å². The summed E-state index contributed by atoms with van der Waals surface area (Å²) in [7, 11) is 3.11. The third-order valence-electron chi connectivity index (χ3n) is 2.60. The van der Waals surface area contributed by atoms with Crippen molar-refractivity contribution in [2.45, 2.75) is 0 Å². The zero-order chi connectivity index (χ0) is 13.3. The van der Waals surface area contributed by atoms with Crippen LogP contribution < -0.4 is 0 Å². The summed E-state index contributed by atoms with van der Waals surface area (Å²) in [6.07, 6.45) is 0. The number of esters is 1. The van der Waals surface area contributed by atoms with Crippen molar-refractivity contribution in [3.8, 4) is 11.3 Å². The number of imidazole rings is 1. The van der Waals surface area contributed by atoms with Gasteiger partial charge in [-0.3, -0.25) is 0 Å². The van der Waals surface area contributed by atoms with Crippen LogP contribution in [-0.2, 0) is 11.8 Å². The van der Waals surface area contributed by atoms with E-state index < -0.39 is 5.97 Å². The molecule has 94 valence electrons. The fourth-order valence-corrected chi connectivity index (χ4v) is 2.13. The molecule has 0 atom stereocenters. The van der Waals surface area contributed by atoms with Crippen LogP contribution in [-0.4, -0.2) is 22.6 Å². The van der Waals surface area contributed by atoms with E-state index in [9.17, 15) is 4.79 Å². The summed E-state index contributed by atoms with van der Waals surface area (Å²) in [6.45, 7) is 0. The van der Waals surface area contributed by atoms with Crippen molar-refractivity contribution >= 4 is 29.8 Å². The number of H-pyrrole nitrogens is 1. The quantitative estimate of drug-likeness (QED) is 0.680. The summed E-state index contributed by atoms with van der Waals surface area (Å²) in [5, 5.41) is 0.593. The molecular weight excluding hydrogens is 272 g/mol. The summed E-state index contributed by atoms with van der Waals surface area (Å²) < 4.78 is 6.90. The Labute approximate surface area is 114 Å². The minimum Gasteiger partial charge on any atom is -0.464 e. The van der Waals surface area contributed by atoms with Crippen molar-refractivity contribution < 1.29 is 9.53 Å². The number of hydrogen-bond acceptors (Lipinski definition) is 3. The van der Waals surface area contributed by atoms with E-state index in [2.05, 4.69) is 4.98 Å². The molecule has 0 saturated heterocycles. The number of methoxy groups -OCH3 is 1. The lowest BCUT2D eigenvalue weighted by Gasteiger charge is -2.06. The number of benzene rings is 1. The van der Waals surface area contributed by atoms with Gasteiger partial charge in [0, 0.05) is 17.6 Å². The number of halogens is 1. The van der Waals surface area contributed by atoms with Crippen LogP contribution >= 0.6 is 23.8 Å². The van der Waals surface area contributed by atoms with Crippen molar-refractivity contribution in [2.24, 2.45) is 7.05 Å². The molecule has 2 rings (SSSR count). The van der Waals surface area contributed by atoms with Crippen molar-refractivity contribution in [1.82, 2.24) is 9.55 Å². The first kappa shape index (κ1) is 12.9. The first-order valence-corrected chi connectivity index (χ1v) is 5.96. The van der Waals surface area contributed by atoms with Gasteiger partial charge in [-0.1, -0.05) is 23.7 Å². The highest BCUT2D eigenvalue weighted by Crippen LogP contribution is 2.26. The minimum absolute atomic E-state index is 0.326. The Morgan fingerprint density at radius 2 is 2.22 bits per heavy atom. The van der Waals surface area contributed by atoms with Gasteiger partial charge in [0.1, 0.15) is 0 Å². The highest BCUT2D eigenvalue weighted by Gasteiger charge is 2.18. The van der Waals surface area contributed by atoms with Crippen molar-refractivity contribution in [2.75, 3.05) is 7.11 Å². The van der Waals surface area contributed by atoms with Gasteiger partial charge >= 0.3 is 5.97 Å². The van der Waals surface area contributed by atoms with Crippen molar-refractivity contribution in [3.63, 3.8) is 0 Å². The van der Waals surface area contributed by atoms with Crippen molar-refractivity contribution in [3.05, 3.63) is 39.8 Å². The molecule has 4 nitrogen and oxygen atoms in total. The molecule has 0 aliphatic heterocycles. The number of carbonyl (C=O) groups is 1. The normalized spacial score (nSPS) is 10.4. The average molecular weight is 283 g/mol. The molecule has 0 spiro atoms. The molecule has 0 amide bonds. The van der Waals surface area contributed by atoms with Crippen LogP contribution in [0.25, 0.3) is 11.3 Å². The fraction of sp³-hybridized carbons (Fsp3) is 0.167. The summed E-state index contributed by atoms with van der Waals surface area (Å²) in [4.78, 5) is 14.6. The summed E-state index contributed by atoms with van der Waals surface area (Å²) in [5.74, 6) is -0.461. The monoisotopic (exact) mass is 282 g/mol. The number of rotatable bonds is 2. The van der Waals surface area contributed by atoms with Crippen LogP contribution in [0.5, 0.6) is 0 Å². The van der Waals surface area contributed by atoms with E-state index in [0.29, 0.717) is 21.2 Å². The van der Waals surface area contributed by atoms with Gasteiger partial charge in [0.15, 0.2) is 10.5 Å². The smallest absolute Gasteiger partial charge is 0.356 e. The van der Waals surface area contributed by atoms with Crippen LogP contribution in [0.4, 0.5) is 0 Å². The molecule has 1 N–H and O–H groups in total. The molecular formula is C12H11ClN2O2S. The lowest BCUT2D eigenvalue weighted by Crippen LogP contribution is -2.04. The van der Waals surface area contributed by atoms with Gasteiger partial charge in [-0.15, -0.1) is 0 Å². The second-order valence-electron chi connectivity index (χ2n) is 3.71. The van der Waals surface area contributed by atoms with Gasteiger partial charge in [-0.25, -0.2) is 4.79 Å². The average Bonchev–Trinajstić information content (AvgIpc) is 2.65. The minimum atomic E-state index is -0.461. The predicted octanol–water partition coefficient (Wildman–Crippen LogP) is 3.19. The first-order chi connectivity index (χ1) is 8.54. The van der Waals surface area contributed by atoms with E-state index >= 15 is 0 Å². The number of nitrogens with zero attached hydrogens (tertiary/aromatic N) is 1. The van der Waals surface area contributed by atoms with Gasteiger partial charge in [0.05, 0.1) is 12.8 Å². The van der Waals surface area contributed by atoms with Crippen molar-refractivity contribution in [1.29, 1.82) is 0 Å². The molecule has 0 unspecified atom stereocenters. The molecule has 1 aromatic carbocycles. The second-order valence-corrected chi connectivity index (χ2v) is 4.54. The van der Waals surface area contributed by atoms with E-state index in [1.807, 2.05) is 12.1 Å². The Morgan fingerprint density at radius 3 is 2.83 bits per heavy atom. The zero-order valence-electron chi connectivity index (χ0n) is 9.86. The standard InChI is InChI=1S/C12H11ClN2O2S/c1-15-10(7-4-3-5-8(13)6-7)9(11(16)17-2)14-12(15)18/h3-6H,1-2H3,(H,14,18). The largest absolute Gasteiger partial charge is 0.464 e. The molecule has 0 bridgehead atoms. The third kappa shape index (κ3) is 2.19. The Kier molecular flexibility index (Phi) is 3.54. The molecule has 6 heteroatoms. The lowest BCUT2D eigenvalue weighted by atomic mass is 10.1. The van der Waals surface area contributed by atoms with Gasteiger partial charge < -0.3 is 14.3 Å². The second kappa shape index (κ2) is 4.96. The van der Waals surface area contributed by atoms with Crippen LogP contribution in [0, 0.1) is 4.77 Å². The summed E-state index contributed by atoms with van der Waals surface area (Å²) in [6, 6.07) is 7.21. The van der Waals surface area contributed by atoms with Crippen LogP contribution in [0.2, 0.25) is 5.02 Å². The number of aromatic amines is 1. The predicted molar refractivity (Wildman–Crippen MR) is 72.4 cm³/mol. The van der Waals surface area contributed by atoms with E-state index in [1.165, 1.54) is 7.11 Å². The van der Waals surface area contributed by atoms with Gasteiger partial charge in [0.2, 0.25) is 0 Å². The SMILES string of the molecule is COC(=O)c1[nH]c(=S)n(C)c1-c1cccc(Cl)c1. The molecule has 0 saturated carbocycles.